The van der Waals surface area contributed by atoms with Crippen LogP contribution in [0.5, 0.6) is 5.75 Å². The van der Waals surface area contributed by atoms with Crippen LogP contribution < -0.4 is 10.1 Å². The van der Waals surface area contributed by atoms with Gasteiger partial charge >= 0.3 is 0 Å². The highest BCUT2D eigenvalue weighted by Crippen LogP contribution is 2.27. The summed E-state index contributed by atoms with van der Waals surface area (Å²) in [7, 11) is 1.63. The number of nitrogens with zero attached hydrogens (tertiary/aromatic N) is 3. The fourth-order valence-corrected chi connectivity index (χ4v) is 2.69. The van der Waals surface area contributed by atoms with Gasteiger partial charge in [0.1, 0.15) is 17.9 Å². The van der Waals surface area contributed by atoms with E-state index in [1.165, 1.54) is 0 Å². The predicted octanol–water partition coefficient (Wildman–Crippen LogP) is 3.16. The number of hydrogen-bond donors (Lipinski definition) is 1. The van der Waals surface area contributed by atoms with Crippen LogP contribution in [0.2, 0.25) is 0 Å². The molecule has 1 unspecified atom stereocenters. The molecular weight excluding hydrogens is 316 g/mol. The highest BCUT2D eigenvalue weighted by molar-refractivity contribution is 5.94. The summed E-state index contributed by atoms with van der Waals surface area (Å²) in [6.45, 7) is 2.03. The Morgan fingerprint density at radius 1 is 1.28 bits per heavy atom. The maximum absolute atomic E-state index is 12.7. The van der Waals surface area contributed by atoms with Crippen molar-refractivity contribution in [3.63, 3.8) is 0 Å². The lowest BCUT2D eigenvalue weighted by Gasteiger charge is -2.20. The third-order valence-corrected chi connectivity index (χ3v) is 4.00. The molecule has 0 fully saturated rings. The number of imidazole rings is 1. The summed E-state index contributed by atoms with van der Waals surface area (Å²) in [5, 5.41) is 3.07. The maximum Gasteiger partial charge on any atom is 0.251 e. The van der Waals surface area contributed by atoms with Gasteiger partial charge in [-0.15, -0.1) is 0 Å². The van der Waals surface area contributed by atoms with Crippen molar-refractivity contribution in [1.82, 2.24) is 19.9 Å². The molecule has 25 heavy (non-hydrogen) atoms. The molecule has 6 nitrogen and oxygen atoms in total. The average molecular weight is 336 g/mol. The van der Waals surface area contributed by atoms with Gasteiger partial charge in [0.15, 0.2) is 0 Å². The van der Waals surface area contributed by atoms with Crippen LogP contribution in [0, 0.1) is 0 Å². The smallest absolute Gasteiger partial charge is 0.251 e. The van der Waals surface area contributed by atoms with Gasteiger partial charge < -0.3 is 10.1 Å². The largest absolute Gasteiger partial charge is 0.496 e. The minimum Gasteiger partial charge on any atom is -0.496 e. The standard InChI is InChI=1S/C19H20N4O2/c1-3-16(15-6-4-5-7-17(15)25-2)22-19(24)14-8-9-21-18(12-14)23-11-10-20-13-23/h4-13,16H,3H2,1-2H3,(H,22,24). The summed E-state index contributed by atoms with van der Waals surface area (Å²) in [4.78, 5) is 21.0. The molecule has 1 atom stereocenters. The van der Waals surface area contributed by atoms with E-state index in [1.54, 1.807) is 48.7 Å². The van der Waals surface area contributed by atoms with E-state index in [2.05, 4.69) is 15.3 Å². The Bertz CT molecular complexity index is 846. The fraction of sp³-hybridized carbons (Fsp3) is 0.211. The van der Waals surface area contributed by atoms with E-state index < -0.39 is 0 Å². The molecule has 0 bridgehead atoms. The Morgan fingerprint density at radius 3 is 2.84 bits per heavy atom. The quantitative estimate of drug-likeness (QED) is 0.751. The highest BCUT2D eigenvalue weighted by Gasteiger charge is 2.18. The number of para-hydroxylation sites is 1. The van der Waals surface area contributed by atoms with Crippen LogP contribution in [-0.4, -0.2) is 27.6 Å². The minimum atomic E-state index is -0.151. The summed E-state index contributed by atoms with van der Waals surface area (Å²) in [5.41, 5.74) is 1.51. The van der Waals surface area contributed by atoms with Crippen LogP contribution in [0.15, 0.2) is 61.3 Å². The number of ether oxygens (including phenoxy) is 1. The van der Waals surface area contributed by atoms with E-state index in [0.717, 1.165) is 17.7 Å². The molecule has 1 N–H and O–H groups in total. The van der Waals surface area contributed by atoms with Gasteiger partial charge in [0.2, 0.25) is 0 Å². The van der Waals surface area contributed by atoms with Gasteiger partial charge in [-0.2, -0.15) is 0 Å². The molecule has 2 heterocycles. The maximum atomic E-state index is 12.7. The molecule has 6 heteroatoms. The summed E-state index contributed by atoms with van der Waals surface area (Å²) in [6, 6.07) is 11.0. The topological polar surface area (TPSA) is 69.0 Å². The van der Waals surface area contributed by atoms with Crippen molar-refractivity contribution in [2.45, 2.75) is 19.4 Å². The number of methoxy groups -OCH3 is 1. The molecule has 1 amide bonds. The van der Waals surface area contributed by atoms with E-state index in [-0.39, 0.29) is 11.9 Å². The Morgan fingerprint density at radius 2 is 2.12 bits per heavy atom. The number of aromatic nitrogens is 3. The Labute approximate surface area is 146 Å². The molecule has 3 aromatic rings. The molecule has 0 radical (unpaired) electrons. The van der Waals surface area contributed by atoms with Crippen molar-refractivity contribution in [2.24, 2.45) is 0 Å². The third kappa shape index (κ3) is 3.68. The summed E-state index contributed by atoms with van der Waals surface area (Å²) in [6.07, 6.45) is 7.48. The zero-order chi connectivity index (χ0) is 17.6. The second kappa shape index (κ2) is 7.61. The predicted molar refractivity (Wildman–Crippen MR) is 94.9 cm³/mol. The van der Waals surface area contributed by atoms with Gasteiger partial charge in [0.05, 0.1) is 13.2 Å². The van der Waals surface area contributed by atoms with Crippen molar-refractivity contribution in [1.29, 1.82) is 0 Å². The Hall–Kier alpha value is -3.15. The second-order valence-electron chi connectivity index (χ2n) is 5.55. The lowest BCUT2D eigenvalue weighted by atomic mass is 10.0. The number of benzene rings is 1. The summed E-state index contributed by atoms with van der Waals surface area (Å²) < 4.78 is 7.17. The van der Waals surface area contributed by atoms with E-state index in [1.807, 2.05) is 31.2 Å². The van der Waals surface area contributed by atoms with E-state index in [9.17, 15) is 4.79 Å². The first-order valence-corrected chi connectivity index (χ1v) is 8.11. The van der Waals surface area contributed by atoms with E-state index >= 15 is 0 Å². The molecule has 0 saturated carbocycles. The zero-order valence-electron chi connectivity index (χ0n) is 14.2. The van der Waals surface area contributed by atoms with Gasteiger partial charge in [-0.3, -0.25) is 9.36 Å². The van der Waals surface area contributed by atoms with Crippen LogP contribution in [0.1, 0.15) is 35.3 Å². The van der Waals surface area contributed by atoms with Crippen LogP contribution in [-0.2, 0) is 0 Å². The molecule has 2 aromatic heterocycles. The third-order valence-electron chi connectivity index (χ3n) is 4.00. The zero-order valence-corrected chi connectivity index (χ0v) is 14.2. The number of carbonyl (C=O) groups excluding carboxylic acids is 1. The number of amides is 1. The number of pyridine rings is 1. The van der Waals surface area contributed by atoms with E-state index in [4.69, 9.17) is 4.74 Å². The van der Waals surface area contributed by atoms with Gasteiger partial charge in [0.25, 0.3) is 5.91 Å². The van der Waals surface area contributed by atoms with Crippen LogP contribution in [0.25, 0.3) is 5.82 Å². The van der Waals surface area contributed by atoms with Crippen LogP contribution in [0.4, 0.5) is 0 Å². The van der Waals surface area contributed by atoms with Crippen molar-refractivity contribution < 1.29 is 9.53 Å². The molecule has 1 aromatic carbocycles. The fourth-order valence-electron chi connectivity index (χ4n) is 2.69. The first-order valence-electron chi connectivity index (χ1n) is 8.11. The Kier molecular flexibility index (Phi) is 5.09. The van der Waals surface area contributed by atoms with Crippen LogP contribution in [0.3, 0.4) is 0 Å². The SMILES string of the molecule is CCC(NC(=O)c1ccnc(-n2ccnc2)c1)c1ccccc1OC. The first kappa shape index (κ1) is 16.7. The number of nitrogens with one attached hydrogen (secondary N) is 1. The van der Waals surface area contributed by atoms with Gasteiger partial charge in [-0.25, -0.2) is 9.97 Å². The number of carbonyl (C=O) groups is 1. The lowest BCUT2D eigenvalue weighted by molar-refractivity contribution is 0.0935. The summed E-state index contributed by atoms with van der Waals surface area (Å²) >= 11 is 0. The molecule has 3 rings (SSSR count). The molecule has 0 spiro atoms. The lowest BCUT2D eigenvalue weighted by Crippen LogP contribution is -2.28. The molecule has 0 saturated heterocycles. The van der Waals surface area contributed by atoms with Crippen molar-refractivity contribution in [2.75, 3.05) is 7.11 Å². The number of hydrogen-bond acceptors (Lipinski definition) is 4. The van der Waals surface area contributed by atoms with E-state index in [0.29, 0.717) is 11.4 Å². The molecular formula is C19H20N4O2. The van der Waals surface area contributed by atoms with Crippen molar-refractivity contribution in [3.8, 4) is 11.6 Å². The van der Waals surface area contributed by atoms with Crippen LogP contribution >= 0.6 is 0 Å². The first-order chi connectivity index (χ1) is 12.2. The highest BCUT2D eigenvalue weighted by atomic mass is 16.5. The van der Waals surface area contributed by atoms with Gasteiger partial charge in [-0.05, 0) is 24.6 Å². The molecule has 0 aliphatic rings. The molecule has 128 valence electrons. The Balaban J connectivity index is 1.82. The van der Waals surface area contributed by atoms with Gasteiger partial charge in [-0.1, -0.05) is 25.1 Å². The second-order valence-corrected chi connectivity index (χ2v) is 5.55. The van der Waals surface area contributed by atoms with Crippen molar-refractivity contribution in [3.05, 3.63) is 72.4 Å². The van der Waals surface area contributed by atoms with Gasteiger partial charge in [0, 0.05) is 29.7 Å². The monoisotopic (exact) mass is 336 g/mol. The molecule has 0 aliphatic carbocycles. The summed E-state index contributed by atoms with van der Waals surface area (Å²) in [5.74, 6) is 1.26. The minimum absolute atomic E-state index is 0.131. The van der Waals surface area contributed by atoms with Crippen molar-refractivity contribution >= 4 is 5.91 Å². The normalized spacial score (nSPS) is 11.8. The molecule has 0 aliphatic heterocycles. The number of rotatable bonds is 6. The average Bonchev–Trinajstić information content (AvgIpc) is 3.21.